The summed E-state index contributed by atoms with van der Waals surface area (Å²) < 4.78 is 29.6. The highest BCUT2D eigenvalue weighted by Gasteiger charge is 2.32. The maximum atomic E-state index is 11.7. The van der Waals surface area contributed by atoms with Gasteiger partial charge in [-0.15, -0.1) is 17.8 Å². The summed E-state index contributed by atoms with van der Waals surface area (Å²) in [5, 5.41) is 5.92. The van der Waals surface area contributed by atoms with Crippen molar-refractivity contribution in [1.82, 2.24) is 15.0 Å². The minimum Gasteiger partial charge on any atom is -0.338 e. The summed E-state index contributed by atoms with van der Waals surface area (Å²) in [4.78, 5) is 7.19. The molecule has 0 N–H and O–H groups in total. The summed E-state index contributed by atoms with van der Waals surface area (Å²) in [7, 11) is -2.97. The smallest absolute Gasteiger partial charge is 0.241 e. The molecule has 0 aliphatic carbocycles. The van der Waals surface area contributed by atoms with Gasteiger partial charge >= 0.3 is 0 Å². The van der Waals surface area contributed by atoms with Crippen LogP contribution in [0, 0.1) is 12.3 Å². The first-order chi connectivity index (χ1) is 11.0. The molecule has 0 aromatic carbocycles. The summed E-state index contributed by atoms with van der Waals surface area (Å²) >= 11 is 4.90. The maximum Gasteiger partial charge on any atom is 0.241 e. The second kappa shape index (κ2) is 6.73. The molecule has 6 nitrogen and oxygen atoms in total. The average molecular weight is 416 g/mol. The van der Waals surface area contributed by atoms with Gasteiger partial charge in [-0.05, 0) is 28.4 Å². The lowest BCUT2D eigenvalue weighted by atomic mass is 10.2. The van der Waals surface area contributed by atoms with Crippen molar-refractivity contribution in [3.05, 3.63) is 21.8 Å². The molecule has 9 heteroatoms. The van der Waals surface area contributed by atoms with Crippen LogP contribution in [0.1, 0.15) is 12.3 Å². The molecule has 3 heterocycles. The van der Waals surface area contributed by atoms with Gasteiger partial charge in [0.05, 0.1) is 29.5 Å². The van der Waals surface area contributed by atoms with E-state index in [-0.39, 0.29) is 17.5 Å². The van der Waals surface area contributed by atoms with Gasteiger partial charge in [-0.3, -0.25) is 4.90 Å². The molecule has 1 atom stereocenters. The van der Waals surface area contributed by atoms with Crippen LogP contribution < -0.4 is 0 Å². The Morgan fingerprint density at radius 1 is 1.57 bits per heavy atom. The number of hydrogen-bond donors (Lipinski definition) is 0. The summed E-state index contributed by atoms with van der Waals surface area (Å²) in [6.45, 7) is 0.701. The third-order valence-electron chi connectivity index (χ3n) is 3.61. The standard InChI is InChI=1S/C14H14BrN3O3S2/c1-2-4-18(11-3-5-23(19,20)9-11)7-13-16-14(17-21-13)12-6-10(15)8-22-12/h1,6,8,11H,3-5,7,9H2. The Balaban J connectivity index is 1.74. The van der Waals surface area contributed by atoms with Crippen molar-refractivity contribution >= 4 is 37.1 Å². The van der Waals surface area contributed by atoms with Gasteiger partial charge in [0, 0.05) is 15.9 Å². The van der Waals surface area contributed by atoms with Crippen LogP contribution in [0.4, 0.5) is 0 Å². The van der Waals surface area contributed by atoms with Crippen LogP contribution in [0.2, 0.25) is 0 Å². The van der Waals surface area contributed by atoms with Gasteiger partial charge in [0.15, 0.2) is 9.84 Å². The molecule has 1 fully saturated rings. The normalized spacial score (nSPS) is 20.0. The van der Waals surface area contributed by atoms with E-state index in [0.717, 1.165) is 9.35 Å². The van der Waals surface area contributed by atoms with Crippen molar-refractivity contribution in [1.29, 1.82) is 0 Å². The molecule has 2 aromatic heterocycles. The number of hydrogen-bond acceptors (Lipinski definition) is 7. The lowest BCUT2D eigenvalue weighted by Crippen LogP contribution is -2.36. The van der Waals surface area contributed by atoms with Gasteiger partial charge in [0.1, 0.15) is 0 Å². The second-order valence-corrected chi connectivity index (χ2v) is 9.36. The number of thiophene rings is 1. The lowest BCUT2D eigenvalue weighted by molar-refractivity contribution is 0.199. The fraction of sp³-hybridized carbons (Fsp3) is 0.429. The van der Waals surface area contributed by atoms with Crippen molar-refractivity contribution in [2.24, 2.45) is 0 Å². The van der Waals surface area contributed by atoms with Gasteiger partial charge in [0.2, 0.25) is 11.7 Å². The Hall–Kier alpha value is -1.21. The molecule has 1 aliphatic rings. The molecule has 0 bridgehead atoms. The van der Waals surface area contributed by atoms with E-state index < -0.39 is 9.84 Å². The molecule has 0 saturated carbocycles. The monoisotopic (exact) mass is 415 g/mol. The molecule has 1 aliphatic heterocycles. The van der Waals surface area contributed by atoms with E-state index in [1.165, 1.54) is 11.3 Å². The summed E-state index contributed by atoms with van der Waals surface area (Å²) in [5.41, 5.74) is 0. The molecule has 2 aromatic rings. The molecule has 3 rings (SSSR count). The van der Waals surface area contributed by atoms with Crippen molar-refractivity contribution in [3.63, 3.8) is 0 Å². The third kappa shape index (κ3) is 4.01. The fourth-order valence-electron chi connectivity index (χ4n) is 2.52. The molecule has 1 unspecified atom stereocenters. The van der Waals surface area contributed by atoms with E-state index in [9.17, 15) is 8.42 Å². The Bertz CT molecular complexity index is 838. The Morgan fingerprint density at radius 2 is 2.39 bits per heavy atom. The van der Waals surface area contributed by atoms with E-state index in [4.69, 9.17) is 10.9 Å². The van der Waals surface area contributed by atoms with E-state index in [1.807, 2.05) is 16.3 Å². The average Bonchev–Trinajstić information content (AvgIpc) is 3.18. The van der Waals surface area contributed by atoms with Crippen LogP contribution in [0.5, 0.6) is 0 Å². The SMILES string of the molecule is C#CCN(Cc1nc(-c2cc(Br)cs2)no1)C1CCS(=O)(=O)C1. The maximum absolute atomic E-state index is 11.7. The molecule has 23 heavy (non-hydrogen) atoms. The summed E-state index contributed by atoms with van der Waals surface area (Å²) in [6.07, 6.45) is 5.99. The fourth-order valence-corrected chi connectivity index (χ4v) is 5.63. The topological polar surface area (TPSA) is 76.3 Å². The van der Waals surface area contributed by atoms with Crippen molar-refractivity contribution < 1.29 is 12.9 Å². The van der Waals surface area contributed by atoms with Gasteiger partial charge in [0.25, 0.3) is 0 Å². The van der Waals surface area contributed by atoms with Crippen LogP contribution in [0.25, 0.3) is 10.7 Å². The number of rotatable bonds is 5. The Kier molecular flexibility index (Phi) is 4.87. The van der Waals surface area contributed by atoms with Crippen molar-refractivity contribution in [2.45, 2.75) is 19.0 Å². The number of halogens is 1. The molecule has 0 amide bonds. The number of aromatic nitrogens is 2. The van der Waals surface area contributed by atoms with Crippen molar-refractivity contribution in [3.8, 4) is 23.0 Å². The van der Waals surface area contributed by atoms with Crippen LogP contribution in [-0.2, 0) is 16.4 Å². The lowest BCUT2D eigenvalue weighted by Gasteiger charge is -2.23. The molecular weight excluding hydrogens is 402 g/mol. The largest absolute Gasteiger partial charge is 0.338 e. The highest BCUT2D eigenvalue weighted by molar-refractivity contribution is 9.10. The van der Waals surface area contributed by atoms with E-state index >= 15 is 0 Å². The van der Waals surface area contributed by atoms with Gasteiger partial charge < -0.3 is 4.52 Å². The second-order valence-electron chi connectivity index (χ2n) is 5.31. The molecule has 122 valence electrons. The van der Waals surface area contributed by atoms with Gasteiger partial charge in [-0.1, -0.05) is 11.1 Å². The van der Waals surface area contributed by atoms with Crippen molar-refractivity contribution in [2.75, 3.05) is 18.1 Å². The Labute approximate surface area is 146 Å². The first kappa shape index (κ1) is 16.6. The minimum absolute atomic E-state index is 0.0951. The predicted octanol–water partition coefficient (Wildman–Crippen LogP) is 2.18. The van der Waals surface area contributed by atoms with Gasteiger partial charge in [-0.25, -0.2) is 8.42 Å². The third-order valence-corrected chi connectivity index (χ3v) is 7.05. The van der Waals surface area contributed by atoms with Gasteiger partial charge in [-0.2, -0.15) is 4.98 Å². The molecular formula is C14H14BrN3O3S2. The Morgan fingerprint density at radius 3 is 3.00 bits per heavy atom. The zero-order valence-corrected chi connectivity index (χ0v) is 15.3. The quantitative estimate of drug-likeness (QED) is 0.696. The highest BCUT2D eigenvalue weighted by atomic mass is 79.9. The zero-order chi connectivity index (χ0) is 16.4. The van der Waals surface area contributed by atoms with E-state index in [1.54, 1.807) is 0 Å². The summed E-state index contributed by atoms with van der Waals surface area (Å²) in [6, 6.07) is 1.82. The predicted molar refractivity (Wildman–Crippen MR) is 91.6 cm³/mol. The molecule has 0 radical (unpaired) electrons. The first-order valence-electron chi connectivity index (χ1n) is 6.92. The minimum atomic E-state index is -2.97. The first-order valence-corrected chi connectivity index (χ1v) is 10.4. The van der Waals surface area contributed by atoms with Crippen LogP contribution in [0.15, 0.2) is 20.4 Å². The van der Waals surface area contributed by atoms with E-state index in [0.29, 0.717) is 31.2 Å². The summed E-state index contributed by atoms with van der Waals surface area (Å²) in [5.74, 6) is 3.87. The van der Waals surface area contributed by atoms with Crippen LogP contribution in [-0.4, -0.2) is 47.6 Å². The number of nitrogens with zero attached hydrogens (tertiary/aromatic N) is 3. The zero-order valence-electron chi connectivity index (χ0n) is 12.1. The van der Waals surface area contributed by atoms with Crippen LogP contribution >= 0.6 is 27.3 Å². The van der Waals surface area contributed by atoms with Crippen LogP contribution in [0.3, 0.4) is 0 Å². The van der Waals surface area contributed by atoms with E-state index in [2.05, 4.69) is 32.0 Å². The highest BCUT2D eigenvalue weighted by Crippen LogP contribution is 2.28. The number of terminal acetylenes is 1. The molecule has 1 saturated heterocycles. The molecule has 0 spiro atoms. The number of sulfone groups is 1.